The monoisotopic (exact) mass is 554 g/mol. The van der Waals surface area contributed by atoms with Crippen LogP contribution in [-0.2, 0) is 9.53 Å². The van der Waals surface area contributed by atoms with Crippen molar-refractivity contribution in [3.63, 3.8) is 0 Å². The third-order valence-electron chi connectivity index (χ3n) is 7.34. The summed E-state index contributed by atoms with van der Waals surface area (Å²) in [7, 11) is 1.80. The van der Waals surface area contributed by atoms with E-state index in [1.165, 1.54) is 5.56 Å². The standard InChI is InChI=1S/C32H38N6O3/c1-32(2,3)41-31(40)36(4)28-18-19-37(20-28)27-16-14-26(15-17-27)33-30(39)22-38-21-29(34-35-38)25-12-10-24(11-13-25)23-8-6-5-7-9-23/h5-17,28-29H,18-22H2,1-4H3,(H,33,39). The van der Waals surface area contributed by atoms with Gasteiger partial charge in [-0.05, 0) is 68.1 Å². The van der Waals surface area contributed by atoms with Crippen LogP contribution in [0, 0.1) is 0 Å². The molecule has 2 atom stereocenters. The number of hydrogen-bond acceptors (Lipinski definition) is 7. The van der Waals surface area contributed by atoms with Crippen molar-refractivity contribution in [1.29, 1.82) is 0 Å². The minimum atomic E-state index is -0.516. The van der Waals surface area contributed by atoms with Crippen LogP contribution in [0.2, 0.25) is 0 Å². The Morgan fingerprint density at radius 3 is 2.32 bits per heavy atom. The molecule has 2 aliphatic heterocycles. The zero-order valence-electron chi connectivity index (χ0n) is 24.2. The summed E-state index contributed by atoms with van der Waals surface area (Å²) in [4.78, 5) is 29.1. The van der Waals surface area contributed by atoms with E-state index in [4.69, 9.17) is 4.74 Å². The summed E-state index contributed by atoms with van der Waals surface area (Å²) in [6, 6.07) is 26.4. The normalized spacial score (nSPS) is 18.4. The number of hydrogen-bond donors (Lipinski definition) is 1. The number of carbonyl (C=O) groups excluding carboxylic acids is 2. The van der Waals surface area contributed by atoms with E-state index in [9.17, 15) is 9.59 Å². The minimum Gasteiger partial charge on any atom is -0.444 e. The van der Waals surface area contributed by atoms with Crippen molar-refractivity contribution in [3.8, 4) is 11.1 Å². The highest BCUT2D eigenvalue weighted by atomic mass is 16.6. The largest absolute Gasteiger partial charge is 0.444 e. The predicted molar refractivity (Wildman–Crippen MR) is 161 cm³/mol. The number of nitrogens with one attached hydrogen (secondary N) is 1. The van der Waals surface area contributed by atoms with Crippen molar-refractivity contribution in [3.05, 3.63) is 84.4 Å². The summed E-state index contributed by atoms with van der Waals surface area (Å²) in [6.45, 7) is 7.89. The fourth-order valence-corrected chi connectivity index (χ4v) is 5.10. The molecule has 1 saturated heterocycles. The maximum absolute atomic E-state index is 12.7. The summed E-state index contributed by atoms with van der Waals surface area (Å²) in [6.07, 6.45) is 0.573. The molecule has 41 heavy (non-hydrogen) atoms. The number of likely N-dealkylation sites (N-methyl/N-ethyl adjacent to an activating group) is 1. The zero-order chi connectivity index (χ0) is 29.0. The van der Waals surface area contributed by atoms with Crippen molar-refractivity contribution >= 4 is 23.4 Å². The molecule has 0 aliphatic carbocycles. The van der Waals surface area contributed by atoms with E-state index in [1.54, 1.807) is 17.0 Å². The second-order valence-electron chi connectivity index (χ2n) is 11.6. The average molecular weight is 555 g/mol. The average Bonchev–Trinajstić information content (AvgIpc) is 3.63. The van der Waals surface area contributed by atoms with E-state index in [0.717, 1.165) is 42.0 Å². The number of carbonyl (C=O) groups is 2. The smallest absolute Gasteiger partial charge is 0.410 e. The Morgan fingerprint density at radius 1 is 0.951 bits per heavy atom. The van der Waals surface area contributed by atoms with E-state index >= 15 is 0 Å². The molecular formula is C32H38N6O3. The molecule has 0 bridgehead atoms. The summed E-state index contributed by atoms with van der Waals surface area (Å²) >= 11 is 0. The van der Waals surface area contributed by atoms with Gasteiger partial charge in [-0.1, -0.05) is 59.8 Å². The van der Waals surface area contributed by atoms with Crippen LogP contribution in [0.5, 0.6) is 0 Å². The molecule has 1 N–H and O–H groups in total. The quantitative estimate of drug-likeness (QED) is 0.378. The molecule has 9 heteroatoms. The molecule has 3 aromatic rings. The molecule has 0 aromatic heterocycles. The third-order valence-corrected chi connectivity index (χ3v) is 7.34. The maximum atomic E-state index is 12.7. The van der Waals surface area contributed by atoms with Gasteiger partial charge in [0.15, 0.2) is 0 Å². The molecule has 2 unspecified atom stereocenters. The lowest BCUT2D eigenvalue weighted by atomic mass is 10.0. The number of anilines is 2. The van der Waals surface area contributed by atoms with Gasteiger partial charge in [0, 0.05) is 31.5 Å². The van der Waals surface area contributed by atoms with E-state index in [0.29, 0.717) is 6.54 Å². The van der Waals surface area contributed by atoms with Gasteiger partial charge < -0.3 is 19.9 Å². The van der Waals surface area contributed by atoms with Gasteiger partial charge in [0.1, 0.15) is 18.2 Å². The van der Waals surface area contributed by atoms with Crippen molar-refractivity contribution in [2.75, 3.05) is 43.4 Å². The van der Waals surface area contributed by atoms with E-state index < -0.39 is 5.60 Å². The number of nitrogens with zero attached hydrogens (tertiary/aromatic N) is 5. The first-order valence-corrected chi connectivity index (χ1v) is 14.1. The highest BCUT2D eigenvalue weighted by Crippen LogP contribution is 2.28. The van der Waals surface area contributed by atoms with Gasteiger partial charge >= 0.3 is 6.09 Å². The van der Waals surface area contributed by atoms with Crippen LogP contribution in [0.25, 0.3) is 11.1 Å². The van der Waals surface area contributed by atoms with Crippen LogP contribution < -0.4 is 10.2 Å². The molecule has 0 spiro atoms. The Kier molecular flexibility index (Phi) is 8.23. The second-order valence-corrected chi connectivity index (χ2v) is 11.6. The first-order valence-electron chi connectivity index (χ1n) is 14.1. The first kappa shape index (κ1) is 28.1. The van der Waals surface area contributed by atoms with Crippen LogP contribution in [0.4, 0.5) is 16.2 Å². The molecule has 2 heterocycles. The topological polar surface area (TPSA) is 89.8 Å². The molecule has 5 rings (SSSR count). The third kappa shape index (κ3) is 7.22. The predicted octanol–water partition coefficient (Wildman–Crippen LogP) is 6.16. The Hall–Kier alpha value is -4.40. The van der Waals surface area contributed by atoms with Gasteiger partial charge in [-0.3, -0.25) is 9.80 Å². The van der Waals surface area contributed by atoms with Crippen molar-refractivity contribution in [1.82, 2.24) is 9.91 Å². The number of amides is 2. The lowest BCUT2D eigenvalue weighted by Crippen LogP contribution is -2.42. The van der Waals surface area contributed by atoms with Crippen LogP contribution in [0.3, 0.4) is 0 Å². The zero-order valence-corrected chi connectivity index (χ0v) is 24.2. The van der Waals surface area contributed by atoms with Gasteiger partial charge in [0.2, 0.25) is 5.91 Å². The fourth-order valence-electron chi connectivity index (χ4n) is 5.10. The number of benzene rings is 3. The number of ether oxygens (including phenoxy) is 1. The molecule has 3 aromatic carbocycles. The Balaban J connectivity index is 1.08. The summed E-state index contributed by atoms with van der Waals surface area (Å²) in [5.41, 5.74) is 4.67. The van der Waals surface area contributed by atoms with Crippen molar-refractivity contribution in [2.45, 2.75) is 44.9 Å². The Labute approximate surface area is 241 Å². The van der Waals surface area contributed by atoms with Crippen LogP contribution in [0.15, 0.2) is 89.2 Å². The van der Waals surface area contributed by atoms with Gasteiger partial charge in [0.25, 0.3) is 0 Å². The molecular weight excluding hydrogens is 516 g/mol. The minimum absolute atomic E-state index is 0.0875. The highest BCUT2D eigenvalue weighted by molar-refractivity contribution is 5.92. The van der Waals surface area contributed by atoms with E-state index in [-0.39, 0.29) is 30.6 Å². The van der Waals surface area contributed by atoms with E-state index in [2.05, 4.69) is 57.0 Å². The molecule has 0 radical (unpaired) electrons. The Morgan fingerprint density at radius 2 is 1.63 bits per heavy atom. The van der Waals surface area contributed by atoms with Gasteiger partial charge in [0.05, 0.1) is 12.6 Å². The van der Waals surface area contributed by atoms with Crippen LogP contribution in [-0.4, -0.2) is 66.8 Å². The Bertz CT molecular complexity index is 1370. The summed E-state index contributed by atoms with van der Waals surface area (Å²) < 4.78 is 5.51. The van der Waals surface area contributed by atoms with Gasteiger partial charge in [-0.25, -0.2) is 4.79 Å². The molecule has 214 valence electrons. The van der Waals surface area contributed by atoms with Crippen LogP contribution in [0.1, 0.15) is 38.8 Å². The maximum Gasteiger partial charge on any atom is 0.410 e. The first-order chi connectivity index (χ1) is 19.6. The molecule has 2 amide bonds. The highest BCUT2D eigenvalue weighted by Gasteiger charge is 2.31. The molecule has 1 fully saturated rings. The molecule has 0 saturated carbocycles. The molecule has 9 nitrogen and oxygen atoms in total. The van der Waals surface area contributed by atoms with Crippen LogP contribution >= 0.6 is 0 Å². The van der Waals surface area contributed by atoms with Crippen molar-refractivity contribution in [2.24, 2.45) is 10.3 Å². The lowest BCUT2D eigenvalue weighted by molar-refractivity contribution is -0.117. The summed E-state index contributed by atoms with van der Waals surface area (Å²) in [5, 5.41) is 13.3. The SMILES string of the molecule is CN(C(=O)OC(C)(C)C)C1CCN(c2ccc(NC(=O)CN3CC(c4ccc(-c5ccccc5)cc4)N=N3)cc2)C1. The fraction of sp³-hybridized carbons (Fsp3) is 0.375. The summed E-state index contributed by atoms with van der Waals surface area (Å²) in [5.74, 6) is -0.142. The van der Waals surface area contributed by atoms with Gasteiger partial charge in [-0.2, -0.15) is 5.11 Å². The lowest BCUT2D eigenvalue weighted by Gasteiger charge is -2.28. The van der Waals surface area contributed by atoms with E-state index in [1.807, 2.05) is 63.2 Å². The van der Waals surface area contributed by atoms with Crippen molar-refractivity contribution < 1.29 is 14.3 Å². The molecule has 2 aliphatic rings. The number of rotatable bonds is 7. The van der Waals surface area contributed by atoms with Gasteiger partial charge in [-0.15, -0.1) is 0 Å². The second kappa shape index (κ2) is 12.0.